The predicted molar refractivity (Wildman–Crippen MR) is 117 cm³/mol. The van der Waals surface area contributed by atoms with Crippen LogP contribution in [0.1, 0.15) is 47.4 Å². The third-order valence-electron chi connectivity index (χ3n) is 5.41. The van der Waals surface area contributed by atoms with Gasteiger partial charge in [-0.2, -0.15) is 0 Å². The summed E-state index contributed by atoms with van der Waals surface area (Å²) in [7, 11) is 0. The number of nitrogens with two attached hydrogens (primary N) is 2. The highest BCUT2D eigenvalue weighted by molar-refractivity contribution is 6.08. The number of carbonyl (C=O) groups excluding carboxylic acids is 1. The molecular weight excluding hydrogens is 380 g/mol. The lowest BCUT2D eigenvalue weighted by Crippen LogP contribution is -2.23. The van der Waals surface area contributed by atoms with E-state index in [-0.39, 0.29) is 11.4 Å². The number of H-pyrrole nitrogens is 1. The van der Waals surface area contributed by atoms with Gasteiger partial charge in [-0.25, -0.2) is 9.97 Å². The molecule has 0 bridgehead atoms. The van der Waals surface area contributed by atoms with Crippen molar-refractivity contribution in [1.82, 2.24) is 19.5 Å². The summed E-state index contributed by atoms with van der Waals surface area (Å²) in [5.41, 5.74) is 14.0. The van der Waals surface area contributed by atoms with E-state index in [1.165, 1.54) is 18.2 Å². The number of carbonyl (C=O) groups is 1. The highest BCUT2D eigenvalue weighted by Crippen LogP contribution is 2.35. The number of rotatable bonds is 3. The number of aromatic amines is 1. The Bertz CT molecular complexity index is 1320. The largest absolute Gasteiger partial charge is 0.383 e. The first-order valence-corrected chi connectivity index (χ1v) is 9.93. The Labute approximate surface area is 172 Å². The zero-order valence-electron chi connectivity index (χ0n) is 17.0. The molecule has 3 aromatic heterocycles. The maximum atomic E-state index is 12.6. The SMILES string of the molecule is CCc1cc2cccc(C)c2c(=O)n1C1CC1.NC(=O)c1c[nH]c2ncnc(N)c12. The number of nitrogens with one attached hydrogen (secondary N) is 1. The Morgan fingerprint density at radius 2 is 2.03 bits per heavy atom. The predicted octanol–water partition coefficient (Wildman–Crippen LogP) is 2.85. The van der Waals surface area contributed by atoms with Crippen molar-refractivity contribution in [2.75, 3.05) is 5.73 Å². The van der Waals surface area contributed by atoms with Crippen molar-refractivity contribution >= 4 is 33.5 Å². The van der Waals surface area contributed by atoms with E-state index in [0.29, 0.717) is 22.6 Å². The first-order valence-electron chi connectivity index (χ1n) is 9.93. The van der Waals surface area contributed by atoms with Gasteiger partial charge in [-0.05, 0) is 43.2 Å². The molecule has 1 saturated carbocycles. The Hall–Kier alpha value is -3.68. The minimum atomic E-state index is -0.548. The molecule has 5 N–H and O–H groups in total. The van der Waals surface area contributed by atoms with Crippen molar-refractivity contribution < 1.29 is 4.79 Å². The second-order valence-electron chi connectivity index (χ2n) is 7.48. The molecule has 1 aromatic carbocycles. The Morgan fingerprint density at radius 3 is 2.70 bits per heavy atom. The number of nitrogens with zero attached hydrogens (tertiary/aromatic N) is 3. The first kappa shape index (κ1) is 19.6. The molecule has 0 saturated heterocycles. The van der Waals surface area contributed by atoms with Crippen LogP contribution >= 0.6 is 0 Å². The van der Waals surface area contributed by atoms with Crippen LogP contribution in [-0.2, 0) is 6.42 Å². The zero-order chi connectivity index (χ0) is 21.4. The molecule has 5 rings (SSSR count). The van der Waals surface area contributed by atoms with Crippen LogP contribution in [-0.4, -0.2) is 25.4 Å². The highest BCUT2D eigenvalue weighted by Gasteiger charge is 2.27. The molecule has 1 aliphatic rings. The summed E-state index contributed by atoms with van der Waals surface area (Å²) in [6.07, 6.45) is 6.03. The molecule has 8 nitrogen and oxygen atoms in total. The van der Waals surface area contributed by atoms with Crippen LogP contribution in [0.25, 0.3) is 21.8 Å². The molecule has 154 valence electrons. The number of nitrogen functional groups attached to an aromatic ring is 1. The second kappa shape index (κ2) is 7.62. The van der Waals surface area contributed by atoms with Gasteiger partial charge in [-0.3, -0.25) is 9.59 Å². The van der Waals surface area contributed by atoms with Crippen LogP contribution in [0.4, 0.5) is 5.82 Å². The van der Waals surface area contributed by atoms with Gasteiger partial charge in [0.1, 0.15) is 17.8 Å². The molecule has 0 radical (unpaired) electrons. The number of fused-ring (bicyclic) bond motifs is 2. The number of aryl methyl sites for hydroxylation is 2. The zero-order valence-corrected chi connectivity index (χ0v) is 17.0. The number of primary amides is 1. The van der Waals surface area contributed by atoms with Crippen molar-refractivity contribution in [3.05, 3.63) is 64.0 Å². The van der Waals surface area contributed by atoms with Crippen molar-refractivity contribution in [3.63, 3.8) is 0 Å². The van der Waals surface area contributed by atoms with Gasteiger partial charge in [0.05, 0.1) is 16.3 Å². The van der Waals surface area contributed by atoms with Crippen LogP contribution in [0.15, 0.2) is 41.6 Å². The van der Waals surface area contributed by atoms with Gasteiger partial charge in [-0.1, -0.05) is 25.1 Å². The minimum Gasteiger partial charge on any atom is -0.383 e. The van der Waals surface area contributed by atoms with Crippen LogP contribution in [0.5, 0.6) is 0 Å². The summed E-state index contributed by atoms with van der Waals surface area (Å²) < 4.78 is 2.02. The number of anilines is 1. The van der Waals surface area contributed by atoms with Gasteiger partial charge in [0.2, 0.25) is 0 Å². The van der Waals surface area contributed by atoms with E-state index in [9.17, 15) is 9.59 Å². The van der Waals surface area contributed by atoms with E-state index in [0.717, 1.165) is 35.6 Å². The molecule has 1 aliphatic carbocycles. The lowest BCUT2D eigenvalue weighted by molar-refractivity contribution is 0.100. The molecule has 0 unspecified atom stereocenters. The number of amides is 1. The minimum absolute atomic E-state index is 0.208. The summed E-state index contributed by atoms with van der Waals surface area (Å²) in [4.78, 5) is 33.9. The first-order chi connectivity index (χ1) is 14.4. The van der Waals surface area contributed by atoms with Crippen molar-refractivity contribution in [2.45, 2.75) is 39.2 Å². The Morgan fingerprint density at radius 1 is 1.27 bits per heavy atom. The topological polar surface area (TPSA) is 133 Å². The van der Waals surface area contributed by atoms with Crippen molar-refractivity contribution in [2.24, 2.45) is 5.73 Å². The molecule has 1 amide bonds. The van der Waals surface area contributed by atoms with E-state index in [1.807, 2.05) is 29.7 Å². The van der Waals surface area contributed by atoms with Crippen LogP contribution in [0.3, 0.4) is 0 Å². The summed E-state index contributed by atoms with van der Waals surface area (Å²) >= 11 is 0. The molecule has 0 spiro atoms. The van der Waals surface area contributed by atoms with Crippen LogP contribution in [0, 0.1) is 6.92 Å². The Balaban J connectivity index is 0.000000151. The summed E-state index contributed by atoms with van der Waals surface area (Å²) in [5.74, 6) is -0.298. The summed E-state index contributed by atoms with van der Waals surface area (Å²) in [6, 6.07) is 8.73. The smallest absolute Gasteiger partial charge is 0.259 e. The average molecular weight is 404 g/mol. The lowest BCUT2D eigenvalue weighted by atomic mass is 10.1. The molecule has 0 atom stereocenters. The van der Waals surface area contributed by atoms with Crippen LogP contribution < -0.4 is 17.0 Å². The lowest BCUT2D eigenvalue weighted by Gasteiger charge is -2.13. The molecule has 30 heavy (non-hydrogen) atoms. The van der Waals surface area contributed by atoms with E-state index >= 15 is 0 Å². The van der Waals surface area contributed by atoms with Crippen LogP contribution in [0.2, 0.25) is 0 Å². The Kier molecular flexibility index (Phi) is 4.99. The number of hydrogen-bond acceptors (Lipinski definition) is 5. The fraction of sp³-hybridized carbons (Fsp3) is 0.273. The molecular formula is C22H24N6O2. The van der Waals surface area contributed by atoms with Gasteiger partial charge < -0.3 is 21.0 Å². The third kappa shape index (κ3) is 3.41. The van der Waals surface area contributed by atoms with Gasteiger partial charge >= 0.3 is 0 Å². The average Bonchev–Trinajstić information content (AvgIpc) is 3.45. The molecule has 4 aromatic rings. The van der Waals surface area contributed by atoms with Gasteiger partial charge in [0.15, 0.2) is 0 Å². The standard InChI is InChI=1S/C15H17NO.C7H7N5O/c1-3-12-9-11-6-4-5-10(2)14(11)15(17)16(12)13-7-8-13;8-5-4-3(6(9)13)1-10-7(4)12-2-11-5/h4-6,9,13H,3,7-8H2,1-2H3;1-2H,(H2,9,13)(H3,8,10,11,12). The van der Waals surface area contributed by atoms with Gasteiger partial charge in [0.25, 0.3) is 11.5 Å². The normalized spacial score (nSPS) is 13.3. The second-order valence-corrected chi connectivity index (χ2v) is 7.48. The van der Waals surface area contributed by atoms with E-state index in [1.54, 1.807) is 0 Å². The maximum Gasteiger partial charge on any atom is 0.259 e. The summed E-state index contributed by atoms with van der Waals surface area (Å²) in [6.45, 7) is 4.14. The summed E-state index contributed by atoms with van der Waals surface area (Å²) in [5, 5.41) is 2.47. The molecule has 3 heterocycles. The third-order valence-corrected chi connectivity index (χ3v) is 5.41. The fourth-order valence-corrected chi connectivity index (χ4v) is 3.79. The monoisotopic (exact) mass is 404 g/mol. The number of aromatic nitrogens is 4. The van der Waals surface area contributed by atoms with E-state index < -0.39 is 5.91 Å². The maximum absolute atomic E-state index is 12.6. The molecule has 0 aliphatic heterocycles. The molecule has 1 fully saturated rings. The number of benzene rings is 1. The number of hydrogen-bond donors (Lipinski definition) is 3. The van der Waals surface area contributed by atoms with Crippen molar-refractivity contribution in [1.29, 1.82) is 0 Å². The van der Waals surface area contributed by atoms with Crippen molar-refractivity contribution in [3.8, 4) is 0 Å². The van der Waals surface area contributed by atoms with E-state index in [2.05, 4.69) is 27.9 Å². The highest BCUT2D eigenvalue weighted by atomic mass is 16.1. The quantitative estimate of drug-likeness (QED) is 0.483. The number of pyridine rings is 1. The van der Waals surface area contributed by atoms with E-state index in [4.69, 9.17) is 11.5 Å². The van der Waals surface area contributed by atoms with Gasteiger partial charge in [-0.15, -0.1) is 0 Å². The fourth-order valence-electron chi connectivity index (χ4n) is 3.79. The van der Waals surface area contributed by atoms with Gasteiger partial charge in [0, 0.05) is 17.9 Å². The molecule has 8 heteroatoms.